The van der Waals surface area contributed by atoms with Gasteiger partial charge in [-0.1, -0.05) is 31.4 Å². The molecule has 8 atom stereocenters. The minimum Gasteiger partial charge on any atom is -0.393 e. The van der Waals surface area contributed by atoms with Crippen LogP contribution in [0, 0.1) is 40.9 Å². The summed E-state index contributed by atoms with van der Waals surface area (Å²) < 4.78 is 14.7. The first-order chi connectivity index (χ1) is 11.3. The van der Waals surface area contributed by atoms with Crippen LogP contribution in [0.2, 0.25) is 0 Å². The molecule has 3 fully saturated rings. The van der Waals surface area contributed by atoms with Crippen LogP contribution >= 0.6 is 0 Å². The number of allylic oxidation sites excluding steroid dienone is 1. The van der Waals surface area contributed by atoms with Gasteiger partial charge in [0.2, 0.25) is 0 Å². The van der Waals surface area contributed by atoms with Crippen LogP contribution in [0.25, 0.3) is 0 Å². The Morgan fingerprint density at radius 3 is 2.71 bits per heavy atom. The number of aliphatic hydroxyl groups excluding tert-OH is 1. The zero-order valence-corrected chi connectivity index (χ0v) is 14.8. The van der Waals surface area contributed by atoms with E-state index in [2.05, 4.69) is 18.9 Å². The number of hydrogen-bond donors (Lipinski definition) is 2. The first-order valence-electron chi connectivity index (χ1n) is 9.48. The van der Waals surface area contributed by atoms with Gasteiger partial charge >= 0.3 is 0 Å². The highest BCUT2D eigenvalue weighted by atomic mass is 19.1. The highest BCUT2D eigenvalue weighted by molar-refractivity contribution is 5.30. The van der Waals surface area contributed by atoms with Crippen molar-refractivity contribution >= 4 is 0 Å². The molecule has 0 radical (unpaired) electrons. The molecule has 2 nitrogen and oxygen atoms in total. The molecule has 2 N–H and O–H groups in total. The molecule has 0 spiro atoms. The maximum atomic E-state index is 14.7. The normalized spacial score (nSPS) is 56.5. The van der Waals surface area contributed by atoms with Crippen molar-refractivity contribution < 1.29 is 14.6 Å². The molecule has 132 valence electrons. The average Bonchev–Trinajstić information content (AvgIpc) is 2.76. The lowest BCUT2D eigenvalue weighted by atomic mass is 9.47. The van der Waals surface area contributed by atoms with Crippen molar-refractivity contribution in [2.75, 3.05) is 0 Å². The highest BCUT2D eigenvalue weighted by Crippen LogP contribution is 2.67. The fraction of sp³-hybridized carbons (Fsp3) is 0.810. The van der Waals surface area contributed by atoms with E-state index in [1.54, 1.807) is 0 Å². The fourth-order valence-corrected chi connectivity index (χ4v) is 6.88. The minimum atomic E-state index is -1.61. The molecule has 0 aromatic carbocycles. The number of aliphatic hydroxyl groups is 2. The van der Waals surface area contributed by atoms with Crippen molar-refractivity contribution in [1.82, 2.24) is 0 Å². The molecule has 0 amide bonds. The molecular formula is C21H29FO2. The van der Waals surface area contributed by atoms with E-state index >= 15 is 0 Å². The summed E-state index contributed by atoms with van der Waals surface area (Å²) in [6.45, 7) is 4.36. The van der Waals surface area contributed by atoms with Crippen molar-refractivity contribution in [3.63, 3.8) is 0 Å². The van der Waals surface area contributed by atoms with Crippen LogP contribution in [0.5, 0.6) is 0 Å². The summed E-state index contributed by atoms with van der Waals surface area (Å²) >= 11 is 0. The molecule has 24 heavy (non-hydrogen) atoms. The summed E-state index contributed by atoms with van der Waals surface area (Å²) in [5.74, 6) is 3.50. The summed E-state index contributed by atoms with van der Waals surface area (Å²) in [6.07, 6.45) is 12.2. The quantitative estimate of drug-likeness (QED) is 0.525. The largest absolute Gasteiger partial charge is 0.393 e. The van der Waals surface area contributed by atoms with Gasteiger partial charge in [0.1, 0.15) is 6.17 Å². The van der Waals surface area contributed by atoms with E-state index in [0.29, 0.717) is 18.3 Å². The molecule has 4 aliphatic carbocycles. The summed E-state index contributed by atoms with van der Waals surface area (Å²) in [5, 5.41) is 20.9. The summed E-state index contributed by atoms with van der Waals surface area (Å²) in [5.41, 5.74) is -0.589. The Morgan fingerprint density at radius 1 is 1.25 bits per heavy atom. The molecule has 0 aliphatic heterocycles. The molecule has 3 saturated carbocycles. The number of terminal acetylenes is 1. The van der Waals surface area contributed by atoms with Crippen LogP contribution in [-0.4, -0.2) is 28.1 Å². The molecule has 4 rings (SSSR count). The number of hydrogen-bond acceptors (Lipinski definition) is 2. The van der Waals surface area contributed by atoms with Crippen LogP contribution in [-0.2, 0) is 0 Å². The highest BCUT2D eigenvalue weighted by Gasteiger charge is 2.67. The molecular weight excluding hydrogens is 303 g/mol. The Bertz CT molecular complexity index is 622. The Labute approximate surface area is 144 Å². The van der Waals surface area contributed by atoms with Crippen molar-refractivity contribution in [2.24, 2.45) is 28.6 Å². The van der Waals surface area contributed by atoms with Gasteiger partial charge in [-0.25, -0.2) is 4.39 Å². The smallest absolute Gasteiger partial charge is 0.161 e. The molecule has 3 heteroatoms. The minimum absolute atomic E-state index is 0.131. The van der Waals surface area contributed by atoms with Gasteiger partial charge in [0.25, 0.3) is 0 Å². The zero-order chi connectivity index (χ0) is 17.3. The number of halogens is 1. The predicted octanol–water partition coefficient (Wildman–Crippen LogP) is 3.62. The summed E-state index contributed by atoms with van der Waals surface area (Å²) in [6, 6.07) is 0. The van der Waals surface area contributed by atoms with E-state index < -0.39 is 17.2 Å². The zero-order valence-electron chi connectivity index (χ0n) is 14.8. The van der Waals surface area contributed by atoms with E-state index in [9.17, 15) is 14.6 Å². The second-order valence-electron chi connectivity index (χ2n) is 9.23. The van der Waals surface area contributed by atoms with Crippen LogP contribution in [0.1, 0.15) is 58.8 Å². The molecule has 0 heterocycles. The van der Waals surface area contributed by atoms with Gasteiger partial charge in [-0.05, 0) is 68.1 Å². The van der Waals surface area contributed by atoms with Gasteiger partial charge in [-0.15, -0.1) is 6.42 Å². The lowest BCUT2D eigenvalue weighted by Crippen LogP contribution is -2.55. The monoisotopic (exact) mass is 332 g/mol. The van der Waals surface area contributed by atoms with Gasteiger partial charge < -0.3 is 10.2 Å². The Balaban J connectivity index is 1.71. The number of fused-ring (bicyclic) bond motifs is 5. The van der Waals surface area contributed by atoms with Crippen molar-refractivity contribution in [1.29, 1.82) is 0 Å². The van der Waals surface area contributed by atoms with Crippen LogP contribution in [0.3, 0.4) is 0 Å². The van der Waals surface area contributed by atoms with E-state index in [4.69, 9.17) is 6.42 Å². The molecule has 0 saturated heterocycles. The van der Waals surface area contributed by atoms with Crippen molar-refractivity contribution in [2.45, 2.75) is 76.7 Å². The molecule has 0 bridgehead atoms. The van der Waals surface area contributed by atoms with Gasteiger partial charge in [-0.2, -0.15) is 0 Å². The maximum Gasteiger partial charge on any atom is 0.161 e. The second-order valence-corrected chi connectivity index (χ2v) is 9.23. The van der Waals surface area contributed by atoms with Crippen LogP contribution in [0.4, 0.5) is 4.39 Å². The fourth-order valence-electron chi connectivity index (χ4n) is 6.88. The predicted molar refractivity (Wildman–Crippen MR) is 91.8 cm³/mol. The summed E-state index contributed by atoms with van der Waals surface area (Å²) in [7, 11) is 0. The van der Waals surface area contributed by atoms with Crippen LogP contribution < -0.4 is 0 Å². The SMILES string of the molecule is C#C[C@]1(O)[C@H](F)C[C@H]2[C@@H]3CC=C4C[C@@H](O)CC[C@]4(C)[C@H]3CC[C@@]21C. The Morgan fingerprint density at radius 2 is 2.00 bits per heavy atom. The Hall–Kier alpha value is -0.850. The van der Waals surface area contributed by atoms with Gasteiger partial charge in [0, 0.05) is 5.41 Å². The molecule has 0 unspecified atom stereocenters. The lowest BCUT2D eigenvalue weighted by Gasteiger charge is -2.58. The number of alkyl halides is 1. The first kappa shape index (κ1) is 16.6. The van der Waals surface area contributed by atoms with Crippen molar-refractivity contribution in [3.05, 3.63) is 11.6 Å². The van der Waals surface area contributed by atoms with E-state index in [1.165, 1.54) is 5.57 Å². The third-order valence-electron chi connectivity index (χ3n) is 8.47. The van der Waals surface area contributed by atoms with E-state index in [-0.39, 0.29) is 17.4 Å². The van der Waals surface area contributed by atoms with E-state index in [1.807, 2.05) is 6.92 Å². The lowest BCUT2D eigenvalue weighted by molar-refractivity contribution is -0.108. The van der Waals surface area contributed by atoms with Gasteiger partial charge in [0.15, 0.2) is 5.60 Å². The van der Waals surface area contributed by atoms with Crippen molar-refractivity contribution in [3.8, 4) is 12.3 Å². The second kappa shape index (κ2) is 5.08. The van der Waals surface area contributed by atoms with Crippen LogP contribution in [0.15, 0.2) is 11.6 Å². The standard InChI is InChI=1S/C21H29FO2/c1-4-21(24)18(22)12-17-15-6-5-13-11-14(23)7-9-19(13,2)16(15)8-10-20(17,21)3/h1,5,14-18,23-24H,6-12H2,2-3H3/t14-,15+,16-,17-,18+,19-,20-,21-/m0/s1. The summed E-state index contributed by atoms with van der Waals surface area (Å²) in [4.78, 5) is 0. The third-order valence-corrected chi connectivity index (χ3v) is 8.47. The van der Waals surface area contributed by atoms with Gasteiger partial charge in [0.05, 0.1) is 6.10 Å². The first-order valence-corrected chi connectivity index (χ1v) is 9.48. The van der Waals surface area contributed by atoms with E-state index in [0.717, 1.165) is 38.5 Å². The van der Waals surface area contributed by atoms with Gasteiger partial charge in [-0.3, -0.25) is 0 Å². The Kier molecular flexibility index (Phi) is 3.52. The molecule has 4 aliphatic rings. The molecule has 0 aromatic heterocycles. The topological polar surface area (TPSA) is 40.5 Å². The maximum absolute atomic E-state index is 14.7. The average molecular weight is 332 g/mol. The molecule has 0 aromatic rings. The third kappa shape index (κ3) is 1.85. The number of rotatable bonds is 0.